The number of para-hydroxylation sites is 2. The van der Waals surface area contributed by atoms with E-state index in [4.69, 9.17) is 10.9 Å². The number of nitrogen functional groups attached to an aromatic ring is 1. The summed E-state index contributed by atoms with van der Waals surface area (Å²) in [5.41, 5.74) is 3.76. The van der Waals surface area contributed by atoms with Gasteiger partial charge in [-0.3, -0.25) is 5.84 Å². The Morgan fingerprint density at radius 3 is 2.33 bits per heavy atom. The van der Waals surface area contributed by atoms with E-state index in [1.54, 1.807) is 30.3 Å². The Morgan fingerprint density at radius 2 is 1.72 bits per heavy atom. The molecule has 0 aromatic heterocycles. The smallest absolute Gasteiger partial charge is 0.337 e. The van der Waals surface area contributed by atoms with Gasteiger partial charge in [0.2, 0.25) is 0 Å². The van der Waals surface area contributed by atoms with E-state index < -0.39 is 5.97 Å². The fraction of sp³-hybridized carbons (Fsp3) is 0. The monoisotopic (exact) mass is 244 g/mol. The molecule has 2 rings (SSSR count). The summed E-state index contributed by atoms with van der Waals surface area (Å²) in [6.45, 7) is 0. The number of aromatic carboxylic acids is 1. The van der Waals surface area contributed by atoms with Gasteiger partial charge >= 0.3 is 5.97 Å². The number of hydrogen-bond acceptors (Lipinski definition) is 4. The van der Waals surface area contributed by atoms with Crippen molar-refractivity contribution in [1.29, 1.82) is 0 Å². The van der Waals surface area contributed by atoms with Crippen LogP contribution >= 0.6 is 0 Å². The molecule has 0 aliphatic carbocycles. The predicted octanol–water partition coefficient (Wildman–Crippen LogP) is 2.04. The minimum Gasteiger partial charge on any atom is -0.507 e. The molecular weight excluding hydrogens is 232 g/mol. The summed E-state index contributed by atoms with van der Waals surface area (Å²) in [4.78, 5) is 11.1. The van der Waals surface area contributed by atoms with Crippen LogP contribution in [0.15, 0.2) is 42.5 Å². The van der Waals surface area contributed by atoms with Gasteiger partial charge in [-0.2, -0.15) is 0 Å². The molecule has 0 fully saturated rings. The first-order valence-corrected chi connectivity index (χ1v) is 5.26. The zero-order valence-electron chi connectivity index (χ0n) is 9.42. The number of aromatic hydroxyl groups is 1. The van der Waals surface area contributed by atoms with Crippen molar-refractivity contribution in [3.8, 4) is 16.9 Å². The quantitative estimate of drug-likeness (QED) is 0.489. The Balaban J connectivity index is 2.69. The van der Waals surface area contributed by atoms with E-state index >= 15 is 0 Å². The normalized spacial score (nSPS) is 10.1. The number of hydrogen-bond donors (Lipinski definition) is 4. The van der Waals surface area contributed by atoms with Gasteiger partial charge in [-0.05, 0) is 12.1 Å². The van der Waals surface area contributed by atoms with Crippen LogP contribution in [0.25, 0.3) is 11.1 Å². The maximum absolute atomic E-state index is 11.1. The predicted molar refractivity (Wildman–Crippen MR) is 68.3 cm³/mol. The highest BCUT2D eigenvalue weighted by Crippen LogP contribution is 2.35. The fourth-order valence-electron chi connectivity index (χ4n) is 1.81. The third-order valence-electron chi connectivity index (χ3n) is 2.63. The lowest BCUT2D eigenvalue weighted by atomic mass is 9.99. The number of phenols is 1. The molecule has 0 aliphatic rings. The first-order valence-electron chi connectivity index (χ1n) is 5.26. The van der Waals surface area contributed by atoms with Crippen molar-refractivity contribution in [2.24, 2.45) is 5.84 Å². The van der Waals surface area contributed by atoms with Gasteiger partial charge in [0, 0.05) is 11.1 Å². The molecule has 2 aromatic rings. The number of anilines is 1. The molecule has 0 saturated carbocycles. The Bertz CT molecular complexity index is 597. The summed E-state index contributed by atoms with van der Waals surface area (Å²) in [7, 11) is 0. The summed E-state index contributed by atoms with van der Waals surface area (Å²) >= 11 is 0. The standard InChI is InChI=1S/C13H12N2O3/c14-15-12-9(5-3-6-10(12)13(17)18)8-4-1-2-7-11(8)16/h1-7,15-16H,14H2,(H,17,18). The van der Waals surface area contributed by atoms with Crippen LogP contribution in [0.2, 0.25) is 0 Å². The summed E-state index contributed by atoms with van der Waals surface area (Å²) < 4.78 is 0. The zero-order valence-corrected chi connectivity index (χ0v) is 9.42. The second-order valence-electron chi connectivity index (χ2n) is 3.69. The third kappa shape index (κ3) is 1.99. The summed E-state index contributed by atoms with van der Waals surface area (Å²) in [5, 5.41) is 18.9. The van der Waals surface area contributed by atoms with E-state index in [-0.39, 0.29) is 17.0 Å². The van der Waals surface area contributed by atoms with Crippen LogP contribution in [0.1, 0.15) is 10.4 Å². The van der Waals surface area contributed by atoms with E-state index in [1.165, 1.54) is 12.1 Å². The number of nitrogens with two attached hydrogens (primary N) is 1. The van der Waals surface area contributed by atoms with E-state index in [9.17, 15) is 9.90 Å². The highest BCUT2D eigenvalue weighted by Gasteiger charge is 2.15. The van der Waals surface area contributed by atoms with Gasteiger partial charge in [0.15, 0.2) is 0 Å². The molecular formula is C13H12N2O3. The van der Waals surface area contributed by atoms with Crippen LogP contribution in [0.4, 0.5) is 5.69 Å². The number of benzene rings is 2. The number of rotatable bonds is 3. The summed E-state index contributed by atoms with van der Waals surface area (Å²) in [6.07, 6.45) is 0. The van der Waals surface area contributed by atoms with E-state index in [0.29, 0.717) is 11.1 Å². The molecule has 0 saturated heterocycles. The van der Waals surface area contributed by atoms with Crippen molar-refractivity contribution in [3.63, 3.8) is 0 Å². The first kappa shape index (κ1) is 11.9. The van der Waals surface area contributed by atoms with Crippen LogP contribution < -0.4 is 11.3 Å². The molecule has 5 N–H and O–H groups in total. The van der Waals surface area contributed by atoms with E-state index in [2.05, 4.69) is 5.43 Å². The van der Waals surface area contributed by atoms with Gasteiger partial charge in [0.1, 0.15) is 5.75 Å². The van der Waals surface area contributed by atoms with Crippen LogP contribution in [0, 0.1) is 0 Å². The van der Waals surface area contributed by atoms with Crippen LogP contribution in [0.3, 0.4) is 0 Å². The average Bonchev–Trinajstić information content (AvgIpc) is 2.38. The van der Waals surface area contributed by atoms with Gasteiger partial charge in [0.25, 0.3) is 0 Å². The summed E-state index contributed by atoms with van der Waals surface area (Å²) in [6, 6.07) is 11.4. The number of carboxylic acids is 1. The van der Waals surface area contributed by atoms with Crippen molar-refractivity contribution in [2.75, 3.05) is 5.43 Å². The van der Waals surface area contributed by atoms with Crippen molar-refractivity contribution >= 4 is 11.7 Å². The van der Waals surface area contributed by atoms with E-state index in [1.807, 2.05) is 0 Å². The maximum Gasteiger partial charge on any atom is 0.337 e. The molecule has 2 aromatic carbocycles. The number of carboxylic acid groups (broad SMARTS) is 1. The fourth-order valence-corrected chi connectivity index (χ4v) is 1.81. The molecule has 0 heterocycles. The highest BCUT2D eigenvalue weighted by atomic mass is 16.4. The SMILES string of the molecule is NNc1c(C(=O)O)cccc1-c1ccccc1O. The third-order valence-corrected chi connectivity index (χ3v) is 2.63. The second kappa shape index (κ2) is 4.77. The molecule has 0 unspecified atom stereocenters. The topological polar surface area (TPSA) is 95.6 Å². The largest absolute Gasteiger partial charge is 0.507 e. The zero-order chi connectivity index (χ0) is 13.1. The van der Waals surface area contributed by atoms with Gasteiger partial charge in [-0.15, -0.1) is 0 Å². The van der Waals surface area contributed by atoms with Crippen molar-refractivity contribution in [1.82, 2.24) is 0 Å². The lowest BCUT2D eigenvalue weighted by Crippen LogP contribution is -2.13. The molecule has 18 heavy (non-hydrogen) atoms. The Labute approximate surface area is 103 Å². The Kier molecular flexibility index (Phi) is 3.16. The second-order valence-corrected chi connectivity index (χ2v) is 3.69. The Morgan fingerprint density at radius 1 is 1.06 bits per heavy atom. The highest BCUT2D eigenvalue weighted by molar-refractivity contribution is 5.99. The molecule has 0 atom stereocenters. The lowest BCUT2D eigenvalue weighted by molar-refractivity contribution is 0.0698. The molecule has 0 spiro atoms. The van der Waals surface area contributed by atoms with Gasteiger partial charge in [-0.25, -0.2) is 4.79 Å². The van der Waals surface area contributed by atoms with E-state index in [0.717, 1.165) is 0 Å². The summed E-state index contributed by atoms with van der Waals surface area (Å²) in [5.74, 6) is 4.36. The first-order chi connectivity index (χ1) is 8.65. The van der Waals surface area contributed by atoms with Crippen molar-refractivity contribution in [2.45, 2.75) is 0 Å². The van der Waals surface area contributed by atoms with Crippen LogP contribution in [-0.2, 0) is 0 Å². The van der Waals surface area contributed by atoms with Gasteiger partial charge < -0.3 is 15.6 Å². The molecule has 92 valence electrons. The van der Waals surface area contributed by atoms with Gasteiger partial charge in [0.05, 0.1) is 11.3 Å². The molecule has 0 aliphatic heterocycles. The molecule has 5 nitrogen and oxygen atoms in total. The Hall–Kier alpha value is -2.53. The van der Waals surface area contributed by atoms with Crippen LogP contribution in [-0.4, -0.2) is 16.2 Å². The number of carbonyl (C=O) groups is 1. The molecule has 0 bridgehead atoms. The molecule has 5 heteroatoms. The minimum absolute atomic E-state index is 0.0539. The number of phenolic OH excluding ortho intramolecular Hbond substituents is 1. The number of nitrogens with one attached hydrogen (secondary N) is 1. The van der Waals surface area contributed by atoms with Gasteiger partial charge in [-0.1, -0.05) is 30.3 Å². The maximum atomic E-state index is 11.1. The van der Waals surface area contributed by atoms with Crippen molar-refractivity contribution in [3.05, 3.63) is 48.0 Å². The minimum atomic E-state index is -1.08. The molecule has 0 radical (unpaired) electrons. The molecule has 0 amide bonds. The average molecular weight is 244 g/mol. The van der Waals surface area contributed by atoms with Crippen molar-refractivity contribution < 1.29 is 15.0 Å². The van der Waals surface area contributed by atoms with Crippen LogP contribution in [0.5, 0.6) is 5.75 Å². The number of hydrazine groups is 1. The lowest BCUT2D eigenvalue weighted by Gasteiger charge is -2.12.